The first-order chi connectivity index (χ1) is 13.8. The highest BCUT2D eigenvalue weighted by Gasteiger charge is 2.15. The number of hydrogen-bond donors (Lipinski definition) is 0. The van der Waals surface area contributed by atoms with Crippen LogP contribution < -0.4 is 10.6 Å². The Morgan fingerprint density at radius 3 is 2.84 bits per heavy atom. The first-order valence-corrected chi connectivity index (χ1v) is 8.67. The minimum atomic E-state index is -1.00. The molecular formula is C23H23NO. The van der Waals surface area contributed by atoms with Crippen LogP contribution in [0, 0.1) is 0 Å². The van der Waals surface area contributed by atoms with Crippen molar-refractivity contribution in [3.63, 3.8) is 0 Å². The first kappa shape index (κ1) is 11.9. The maximum atomic E-state index is 8.77. The topological polar surface area (TPSA) is 26.0 Å². The number of benzene rings is 1. The number of rotatable bonds is 3. The molecule has 1 aliphatic carbocycles. The molecule has 0 aliphatic heterocycles. The Balaban J connectivity index is 1.80. The number of pyridine rings is 1. The molecule has 0 N–H and O–H groups in total. The van der Waals surface area contributed by atoms with Gasteiger partial charge in [-0.1, -0.05) is 56.7 Å². The van der Waals surface area contributed by atoms with Crippen LogP contribution in [0.4, 0.5) is 0 Å². The summed E-state index contributed by atoms with van der Waals surface area (Å²) in [6.45, 7) is 8.06. The number of furan rings is 1. The zero-order chi connectivity index (χ0) is 20.8. The molecule has 0 amide bonds. The molecule has 0 bridgehead atoms. The normalized spacial score (nSPS) is 19.9. The molecule has 1 saturated carbocycles. The van der Waals surface area contributed by atoms with Crippen molar-refractivity contribution in [2.75, 3.05) is 0 Å². The van der Waals surface area contributed by atoms with E-state index in [9.17, 15) is 0 Å². The van der Waals surface area contributed by atoms with Gasteiger partial charge in [-0.05, 0) is 48.1 Å². The first-order valence-electron chi connectivity index (χ1n) is 10.7. The minimum absolute atomic E-state index is 0.0918. The monoisotopic (exact) mass is 333 g/mol. The zero-order valence-corrected chi connectivity index (χ0v) is 14.2. The standard InChI is InChI=1S/C23H23NO/c1-16(14-23-17(2)20-10-6-7-11-22(20)25-23)21-13-12-19(15-24-21)18-8-4-3-5-9-18/h6-7,10-15,18H,1-5,8-9H2/i12D,13D,15D,18D. The fraction of sp³-hybridized carbons (Fsp3) is 0.261. The van der Waals surface area contributed by atoms with E-state index >= 15 is 0 Å². The van der Waals surface area contributed by atoms with Crippen molar-refractivity contribution in [2.24, 2.45) is 0 Å². The van der Waals surface area contributed by atoms with Gasteiger partial charge >= 0.3 is 0 Å². The third-order valence-corrected chi connectivity index (χ3v) is 4.74. The smallest absolute Gasteiger partial charge is 0.135 e. The lowest BCUT2D eigenvalue weighted by Gasteiger charge is -2.21. The van der Waals surface area contributed by atoms with Crippen molar-refractivity contribution < 1.29 is 9.90 Å². The van der Waals surface area contributed by atoms with Gasteiger partial charge in [-0.3, -0.25) is 4.98 Å². The van der Waals surface area contributed by atoms with E-state index in [-0.39, 0.29) is 29.5 Å². The Morgan fingerprint density at radius 2 is 2.04 bits per heavy atom. The molecule has 1 aliphatic rings. The lowest BCUT2D eigenvalue weighted by molar-refractivity contribution is 0.443. The molecule has 0 spiro atoms. The van der Waals surface area contributed by atoms with E-state index in [0.717, 1.165) is 29.9 Å². The van der Waals surface area contributed by atoms with Gasteiger partial charge in [-0.2, -0.15) is 0 Å². The van der Waals surface area contributed by atoms with Crippen molar-refractivity contribution in [1.29, 1.82) is 0 Å². The van der Waals surface area contributed by atoms with E-state index in [1.165, 1.54) is 0 Å². The second kappa shape index (κ2) is 6.72. The molecule has 1 aromatic carbocycles. The maximum Gasteiger partial charge on any atom is 0.135 e. The fourth-order valence-electron chi connectivity index (χ4n) is 3.30. The van der Waals surface area contributed by atoms with Gasteiger partial charge in [-0.25, -0.2) is 0 Å². The minimum Gasteiger partial charge on any atom is -0.456 e. The predicted molar refractivity (Wildman–Crippen MR) is 105 cm³/mol. The Hall–Kier alpha value is -2.61. The van der Waals surface area contributed by atoms with Gasteiger partial charge in [0.2, 0.25) is 0 Å². The summed E-state index contributed by atoms with van der Waals surface area (Å²) in [6.07, 6.45) is 5.61. The second-order valence-electron chi connectivity index (χ2n) is 6.47. The Bertz CT molecular complexity index is 1220. The molecule has 2 aromatic heterocycles. The Morgan fingerprint density at radius 1 is 1.24 bits per heavy atom. The molecule has 0 radical (unpaired) electrons. The van der Waals surface area contributed by atoms with E-state index in [1.54, 1.807) is 6.08 Å². The lowest BCUT2D eigenvalue weighted by atomic mass is 9.85. The molecular weight excluding hydrogens is 306 g/mol. The van der Waals surface area contributed by atoms with Crippen LogP contribution >= 0.6 is 0 Å². The lowest BCUT2D eigenvalue weighted by Crippen LogP contribution is -2.18. The molecule has 1 fully saturated rings. The Labute approximate surface area is 153 Å². The molecule has 2 heterocycles. The number of aromatic nitrogens is 1. The summed E-state index contributed by atoms with van der Waals surface area (Å²) in [5.41, 5.74) is 2.05. The molecule has 4 rings (SSSR count). The summed E-state index contributed by atoms with van der Waals surface area (Å²) >= 11 is 0. The highest BCUT2D eigenvalue weighted by Crippen LogP contribution is 2.32. The van der Waals surface area contributed by atoms with Gasteiger partial charge in [0.15, 0.2) is 0 Å². The third kappa shape index (κ3) is 3.17. The summed E-state index contributed by atoms with van der Waals surface area (Å²) in [5, 5.41) is 1.62. The highest BCUT2D eigenvalue weighted by molar-refractivity contribution is 5.86. The molecule has 3 aromatic rings. The van der Waals surface area contributed by atoms with Gasteiger partial charge in [0.25, 0.3) is 0 Å². The van der Waals surface area contributed by atoms with Crippen molar-refractivity contribution in [2.45, 2.75) is 38.0 Å². The Kier molecular flexibility index (Phi) is 3.19. The van der Waals surface area contributed by atoms with Crippen LogP contribution in [0.3, 0.4) is 0 Å². The quantitative estimate of drug-likeness (QED) is 0.689. The molecule has 25 heavy (non-hydrogen) atoms. The van der Waals surface area contributed by atoms with Crippen molar-refractivity contribution in [3.8, 4) is 0 Å². The van der Waals surface area contributed by atoms with Crippen LogP contribution in [-0.4, -0.2) is 4.98 Å². The van der Waals surface area contributed by atoms with E-state index in [1.807, 2.05) is 24.3 Å². The van der Waals surface area contributed by atoms with Crippen LogP contribution in [0.15, 0.2) is 53.5 Å². The van der Waals surface area contributed by atoms with Crippen LogP contribution in [0.2, 0.25) is 0 Å². The van der Waals surface area contributed by atoms with Crippen LogP contribution in [0.25, 0.3) is 29.2 Å². The van der Waals surface area contributed by atoms with Gasteiger partial charge < -0.3 is 4.42 Å². The number of fused-ring (bicyclic) bond motifs is 1. The molecule has 2 heteroatoms. The average Bonchev–Trinajstić information content (AvgIpc) is 3.01. The highest BCUT2D eigenvalue weighted by atomic mass is 16.3. The fourth-order valence-corrected chi connectivity index (χ4v) is 3.30. The van der Waals surface area contributed by atoms with Gasteiger partial charge in [0, 0.05) is 18.1 Å². The van der Waals surface area contributed by atoms with E-state index in [4.69, 9.17) is 9.90 Å². The SMILES string of the molecule is [2H]c1nc(C(=C)C=c2oc3ccccc3c2=C)c([2H])c([2H])c1C1([2H])CCCCC1. The molecule has 0 unspecified atom stereocenters. The van der Waals surface area contributed by atoms with Crippen molar-refractivity contribution in [1.82, 2.24) is 4.98 Å². The molecule has 126 valence electrons. The third-order valence-electron chi connectivity index (χ3n) is 4.74. The predicted octanol–water partition coefficient (Wildman–Crippen LogP) is 4.78. The second-order valence-corrected chi connectivity index (χ2v) is 6.47. The number of hydrogen-bond acceptors (Lipinski definition) is 2. The average molecular weight is 333 g/mol. The van der Waals surface area contributed by atoms with Gasteiger partial charge in [0.1, 0.15) is 11.0 Å². The van der Waals surface area contributed by atoms with Gasteiger partial charge in [-0.15, -0.1) is 0 Å². The summed E-state index contributed by atoms with van der Waals surface area (Å²) in [6, 6.07) is 7.38. The maximum absolute atomic E-state index is 8.77. The van der Waals surface area contributed by atoms with Crippen molar-refractivity contribution >= 4 is 29.2 Å². The largest absolute Gasteiger partial charge is 0.456 e. The zero-order valence-electron chi connectivity index (χ0n) is 18.2. The number of allylic oxidation sites excluding steroid dienone is 1. The summed E-state index contributed by atoms with van der Waals surface area (Å²) < 4.78 is 39.9. The molecule has 0 saturated heterocycles. The summed E-state index contributed by atoms with van der Waals surface area (Å²) in [7, 11) is 0. The van der Waals surface area contributed by atoms with Gasteiger partial charge in [0.05, 0.1) is 9.81 Å². The van der Waals surface area contributed by atoms with E-state index in [0.29, 0.717) is 29.4 Å². The summed E-state index contributed by atoms with van der Waals surface area (Å²) in [5.74, 6) is -1.00. The van der Waals surface area contributed by atoms with E-state index in [2.05, 4.69) is 18.1 Å². The number of para-hydroxylation sites is 1. The van der Waals surface area contributed by atoms with E-state index < -0.39 is 5.89 Å². The molecule has 2 nitrogen and oxygen atoms in total. The van der Waals surface area contributed by atoms with Crippen LogP contribution in [0.1, 0.15) is 54.7 Å². The van der Waals surface area contributed by atoms with Crippen LogP contribution in [0.5, 0.6) is 0 Å². The molecule has 0 atom stereocenters. The van der Waals surface area contributed by atoms with Crippen LogP contribution in [-0.2, 0) is 0 Å². The summed E-state index contributed by atoms with van der Waals surface area (Å²) in [4.78, 5) is 4.28. The number of nitrogens with zero attached hydrogens (tertiary/aromatic N) is 1. The van der Waals surface area contributed by atoms with Crippen molar-refractivity contribution in [3.05, 3.63) is 71.0 Å².